The third kappa shape index (κ3) is 16.4. The fourth-order valence-electron chi connectivity index (χ4n) is 5.54. The van der Waals surface area contributed by atoms with Crippen LogP contribution in [-0.2, 0) is 33.4 Å². The van der Waals surface area contributed by atoms with Gasteiger partial charge in [0, 0.05) is 12.8 Å². The second kappa shape index (κ2) is 24.6. The van der Waals surface area contributed by atoms with Crippen LogP contribution in [0.4, 0.5) is 0 Å². The first-order valence-electron chi connectivity index (χ1n) is 17.0. The molecule has 2 rings (SSSR count). The highest BCUT2D eigenvalue weighted by Gasteiger charge is 2.43. The van der Waals surface area contributed by atoms with Crippen molar-refractivity contribution in [2.24, 2.45) is 11.8 Å². The van der Waals surface area contributed by atoms with Gasteiger partial charge >= 0.3 is 17.9 Å². The van der Waals surface area contributed by atoms with E-state index in [1.807, 2.05) is 32.1 Å². The van der Waals surface area contributed by atoms with Crippen molar-refractivity contribution in [1.29, 1.82) is 0 Å². The van der Waals surface area contributed by atoms with Gasteiger partial charge in [-0.2, -0.15) is 0 Å². The van der Waals surface area contributed by atoms with Crippen LogP contribution in [-0.4, -0.2) is 60.4 Å². The van der Waals surface area contributed by atoms with Crippen LogP contribution in [0.25, 0.3) is 0 Å². The molecule has 0 aromatic carbocycles. The number of aliphatic hydroxyl groups is 1. The van der Waals surface area contributed by atoms with Crippen molar-refractivity contribution in [1.82, 2.24) is 5.32 Å². The number of unbranched alkanes of at least 4 members (excludes halogenated alkanes) is 6. The molecule has 2 aliphatic rings. The number of nitrogens with one attached hydrogen (secondary N) is 1. The molecule has 0 aromatic heterocycles. The largest absolute Gasteiger partial charge is 0.461 e. The molecule has 0 spiro atoms. The Hall–Kier alpha value is -2.68. The number of hydrogen-bond acceptors (Lipinski definition) is 8. The molecule has 0 radical (unpaired) electrons. The van der Waals surface area contributed by atoms with Gasteiger partial charge in [-0.3, -0.25) is 19.2 Å². The topological polar surface area (TPSA) is 128 Å². The molecule has 9 heteroatoms. The van der Waals surface area contributed by atoms with Crippen molar-refractivity contribution in [2.45, 2.75) is 155 Å². The molecule has 252 valence electrons. The highest BCUT2D eigenvalue weighted by Crippen LogP contribution is 2.33. The Morgan fingerprint density at radius 3 is 1.84 bits per heavy atom. The quantitative estimate of drug-likeness (QED) is 0.0411. The van der Waals surface area contributed by atoms with Gasteiger partial charge in [0.2, 0.25) is 6.41 Å². The average molecular weight is 622 g/mol. The Kier molecular flexibility index (Phi) is 22.0. The molecule has 9 nitrogen and oxygen atoms in total. The third-order valence-electron chi connectivity index (χ3n) is 8.20. The van der Waals surface area contributed by atoms with E-state index in [-0.39, 0.29) is 54.7 Å². The van der Waals surface area contributed by atoms with Gasteiger partial charge in [-0.1, -0.05) is 89.5 Å². The van der Waals surface area contributed by atoms with E-state index in [2.05, 4.69) is 25.2 Å². The zero-order valence-corrected chi connectivity index (χ0v) is 27.7. The minimum Gasteiger partial charge on any atom is -0.461 e. The highest BCUT2D eigenvalue weighted by atomic mass is 16.6. The molecule has 2 saturated heterocycles. The third-order valence-corrected chi connectivity index (χ3v) is 8.20. The van der Waals surface area contributed by atoms with Gasteiger partial charge in [-0.05, 0) is 52.4 Å². The van der Waals surface area contributed by atoms with Crippen LogP contribution in [0.15, 0.2) is 24.3 Å². The maximum Gasteiger partial charge on any atom is 0.325 e. The van der Waals surface area contributed by atoms with Gasteiger partial charge < -0.3 is 24.6 Å². The van der Waals surface area contributed by atoms with Crippen LogP contribution < -0.4 is 5.32 Å². The maximum absolute atomic E-state index is 11.8. The predicted octanol–water partition coefficient (Wildman–Crippen LogP) is 6.51. The van der Waals surface area contributed by atoms with E-state index >= 15 is 0 Å². The molecule has 2 N–H and O–H groups in total. The summed E-state index contributed by atoms with van der Waals surface area (Å²) in [5, 5.41) is 12.2. The van der Waals surface area contributed by atoms with E-state index in [0.29, 0.717) is 25.7 Å². The lowest BCUT2D eigenvalue weighted by Crippen LogP contribution is -2.47. The summed E-state index contributed by atoms with van der Waals surface area (Å²) in [5.74, 6) is -0.714. The fourth-order valence-corrected chi connectivity index (χ4v) is 5.54. The second-order valence-corrected chi connectivity index (χ2v) is 11.9. The van der Waals surface area contributed by atoms with Crippen LogP contribution in [0.5, 0.6) is 0 Å². The number of carbonyl (C=O) groups is 4. The molecule has 0 aliphatic carbocycles. The summed E-state index contributed by atoms with van der Waals surface area (Å²) >= 11 is 0. The summed E-state index contributed by atoms with van der Waals surface area (Å²) in [6, 6.07) is 0. The van der Waals surface area contributed by atoms with E-state index in [9.17, 15) is 24.3 Å². The Morgan fingerprint density at radius 1 is 0.841 bits per heavy atom. The SMILES string of the molecule is CC=CCC[C@@H](O)C[C@@H]1OC(=O)[C@H]1CCCCCC.CC=CCC[C@H](CC1OC(=O)[C@H]1CCCCCC)OC(=O)CNC=O. The predicted molar refractivity (Wildman–Crippen MR) is 172 cm³/mol. The van der Waals surface area contributed by atoms with Gasteiger partial charge in [0.15, 0.2) is 0 Å². The van der Waals surface area contributed by atoms with Gasteiger partial charge in [0.1, 0.15) is 24.9 Å². The zero-order chi connectivity index (χ0) is 32.6. The number of allylic oxidation sites excluding steroid dienone is 4. The van der Waals surface area contributed by atoms with Crippen molar-refractivity contribution < 1.29 is 38.5 Å². The molecule has 2 fully saturated rings. The van der Waals surface area contributed by atoms with Crippen molar-refractivity contribution in [3.05, 3.63) is 24.3 Å². The molecule has 6 atom stereocenters. The van der Waals surface area contributed by atoms with E-state index in [0.717, 1.165) is 57.8 Å². The summed E-state index contributed by atoms with van der Waals surface area (Å²) in [7, 11) is 0. The van der Waals surface area contributed by atoms with Crippen LogP contribution >= 0.6 is 0 Å². The van der Waals surface area contributed by atoms with Crippen molar-refractivity contribution in [3.8, 4) is 0 Å². The first kappa shape index (κ1) is 39.3. The van der Waals surface area contributed by atoms with E-state index < -0.39 is 5.97 Å². The number of rotatable bonds is 24. The van der Waals surface area contributed by atoms with Crippen LogP contribution in [0.3, 0.4) is 0 Å². The minimum atomic E-state index is -0.470. The summed E-state index contributed by atoms with van der Waals surface area (Å²) in [4.78, 5) is 45.2. The van der Waals surface area contributed by atoms with Crippen molar-refractivity contribution >= 4 is 24.3 Å². The molecule has 1 unspecified atom stereocenters. The van der Waals surface area contributed by atoms with Gasteiger partial charge in [0.05, 0.1) is 17.9 Å². The average Bonchev–Trinajstić information content (AvgIpc) is 2.99. The first-order chi connectivity index (χ1) is 21.3. The van der Waals surface area contributed by atoms with Crippen molar-refractivity contribution in [3.63, 3.8) is 0 Å². The number of amides is 1. The first-order valence-corrected chi connectivity index (χ1v) is 17.0. The molecular weight excluding hydrogens is 562 g/mol. The molecular formula is C35H59NO8. The molecule has 0 aromatic rings. The molecule has 2 heterocycles. The number of hydrogen-bond donors (Lipinski definition) is 2. The highest BCUT2D eigenvalue weighted by molar-refractivity contribution is 5.79. The van der Waals surface area contributed by atoms with E-state index in [4.69, 9.17) is 14.2 Å². The Balaban J connectivity index is 0.000000457. The van der Waals surface area contributed by atoms with Crippen LogP contribution in [0.2, 0.25) is 0 Å². The van der Waals surface area contributed by atoms with E-state index in [1.54, 1.807) is 0 Å². The number of cyclic esters (lactones) is 2. The molecule has 0 bridgehead atoms. The summed E-state index contributed by atoms with van der Waals surface area (Å²) < 4.78 is 15.9. The smallest absolute Gasteiger partial charge is 0.325 e. The monoisotopic (exact) mass is 621 g/mol. The van der Waals surface area contributed by atoms with Gasteiger partial charge in [0.25, 0.3) is 0 Å². The lowest BCUT2D eigenvalue weighted by atomic mass is 9.86. The Morgan fingerprint density at radius 2 is 1.36 bits per heavy atom. The fraction of sp³-hybridized carbons (Fsp3) is 0.771. The molecule has 0 saturated carbocycles. The minimum absolute atomic E-state index is 0.0354. The molecule has 44 heavy (non-hydrogen) atoms. The normalized spacial score (nSPS) is 22.2. The number of ether oxygens (including phenoxy) is 3. The zero-order valence-electron chi connectivity index (χ0n) is 27.7. The standard InChI is InChI=1S/C19H31NO5.C16H28O3/c1-3-5-7-9-11-16-17(25-19(16)23)12-15(10-8-6-4-2)24-18(22)13-20-14-21;1-3-5-7-9-11-14-15(19-16(14)18)12-13(17)10-8-6-4-2/h4,6,14-17H,3,5,7-13H2,1-2H3,(H,20,21);4,6,13-15,17H,3,5,7-12H2,1-2H3/t15-,16+,17?;13-,14+,15+/m11/s1. The Labute approximate surface area is 265 Å². The summed E-state index contributed by atoms with van der Waals surface area (Å²) in [5.41, 5.74) is 0. The van der Waals surface area contributed by atoms with Crippen molar-refractivity contribution in [2.75, 3.05) is 6.54 Å². The summed E-state index contributed by atoms with van der Waals surface area (Å²) in [6.45, 7) is 8.11. The summed E-state index contributed by atoms with van der Waals surface area (Å²) in [6.07, 6.45) is 22.8. The Bertz CT molecular complexity index is 873. The molecule has 1 amide bonds. The van der Waals surface area contributed by atoms with Crippen LogP contribution in [0, 0.1) is 11.8 Å². The lowest BCUT2D eigenvalue weighted by molar-refractivity contribution is -0.190. The lowest BCUT2D eigenvalue weighted by Gasteiger charge is -2.37. The van der Waals surface area contributed by atoms with E-state index in [1.165, 1.54) is 25.7 Å². The number of aliphatic hydroxyl groups excluding tert-OH is 1. The molecule has 2 aliphatic heterocycles. The second-order valence-electron chi connectivity index (χ2n) is 11.9. The van der Waals surface area contributed by atoms with Gasteiger partial charge in [-0.15, -0.1) is 0 Å². The number of carbonyl (C=O) groups excluding carboxylic acids is 4. The number of esters is 3. The van der Waals surface area contributed by atoms with Gasteiger partial charge in [-0.25, -0.2) is 0 Å². The maximum atomic E-state index is 11.8. The van der Waals surface area contributed by atoms with Crippen LogP contribution in [0.1, 0.15) is 130 Å².